The topological polar surface area (TPSA) is 139 Å². The van der Waals surface area contributed by atoms with Crippen molar-refractivity contribution in [3.8, 4) is 0 Å². The molecule has 0 radical (unpaired) electrons. The van der Waals surface area contributed by atoms with Gasteiger partial charge in [-0.25, -0.2) is 9.79 Å². The third-order valence-electron chi connectivity index (χ3n) is 3.71. The standard InChI is InChI=1S/C16H16N4O6S/c1-11(16(21)17-22)18(10-12-4-2-3-5-15(12)20(25)26)27-14-8-6-13(7-9-14)19(23)24/h2-9,11,22H,10H2,1H3,(H,17,21). The van der Waals surface area contributed by atoms with Crippen LogP contribution in [0.2, 0.25) is 0 Å². The number of amides is 1. The molecule has 0 saturated heterocycles. The normalized spacial score (nSPS) is 11.8. The number of nitrogens with zero attached hydrogens (tertiary/aromatic N) is 3. The quantitative estimate of drug-likeness (QED) is 0.302. The molecule has 1 unspecified atom stereocenters. The van der Waals surface area contributed by atoms with E-state index in [-0.39, 0.29) is 17.9 Å². The molecule has 11 heteroatoms. The monoisotopic (exact) mass is 392 g/mol. The van der Waals surface area contributed by atoms with Crippen LogP contribution < -0.4 is 5.48 Å². The molecular weight excluding hydrogens is 376 g/mol. The van der Waals surface area contributed by atoms with Gasteiger partial charge in [-0.1, -0.05) is 18.2 Å². The zero-order chi connectivity index (χ0) is 20.0. The van der Waals surface area contributed by atoms with E-state index in [1.54, 1.807) is 23.7 Å². The summed E-state index contributed by atoms with van der Waals surface area (Å²) >= 11 is 1.09. The Morgan fingerprint density at radius 3 is 2.33 bits per heavy atom. The van der Waals surface area contributed by atoms with Gasteiger partial charge in [0.05, 0.1) is 15.9 Å². The molecule has 0 bridgehead atoms. The number of hydroxylamine groups is 1. The lowest BCUT2D eigenvalue weighted by Crippen LogP contribution is -2.40. The van der Waals surface area contributed by atoms with Crippen molar-refractivity contribution in [2.24, 2.45) is 0 Å². The van der Waals surface area contributed by atoms with E-state index >= 15 is 0 Å². The molecule has 0 aromatic heterocycles. The second-order valence-corrected chi connectivity index (χ2v) is 6.58. The van der Waals surface area contributed by atoms with Crippen LogP contribution in [-0.2, 0) is 11.3 Å². The van der Waals surface area contributed by atoms with Crippen molar-refractivity contribution in [1.29, 1.82) is 0 Å². The summed E-state index contributed by atoms with van der Waals surface area (Å²) in [6.45, 7) is 1.56. The smallest absolute Gasteiger partial charge is 0.273 e. The second-order valence-electron chi connectivity index (χ2n) is 5.46. The highest BCUT2D eigenvalue weighted by molar-refractivity contribution is 7.97. The first-order valence-corrected chi connectivity index (χ1v) is 8.46. The van der Waals surface area contributed by atoms with Crippen molar-refractivity contribution in [3.63, 3.8) is 0 Å². The fourth-order valence-corrected chi connectivity index (χ4v) is 3.21. The summed E-state index contributed by atoms with van der Waals surface area (Å²) in [5, 5.41) is 30.9. The minimum absolute atomic E-state index is 0.0351. The Morgan fingerprint density at radius 1 is 1.15 bits per heavy atom. The molecule has 0 aliphatic carbocycles. The molecule has 2 aromatic rings. The third kappa shape index (κ3) is 5.23. The number of rotatable bonds is 8. The van der Waals surface area contributed by atoms with Gasteiger partial charge in [0.15, 0.2) is 0 Å². The molecule has 2 rings (SSSR count). The van der Waals surface area contributed by atoms with Gasteiger partial charge in [0, 0.05) is 35.2 Å². The first-order valence-electron chi connectivity index (χ1n) is 7.68. The van der Waals surface area contributed by atoms with Gasteiger partial charge in [-0.2, -0.15) is 0 Å². The maximum Gasteiger partial charge on any atom is 0.273 e. The largest absolute Gasteiger partial charge is 0.289 e. The molecule has 10 nitrogen and oxygen atoms in total. The Hall–Kier alpha value is -3.02. The lowest BCUT2D eigenvalue weighted by Gasteiger charge is -2.26. The van der Waals surface area contributed by atoms with Gasteiger partial charge in [0.2, 0.25) is 0 Å². The van der Waals surface area contributed by atoms with Crippen LogP contribution >= 0.6 is 11.9 Å². The van der Waals surface area contributed by atoms with Crippen LogP contribution in [0.4, 0.5) is 11.4 Å². The maximum atomic E-state index is 11.9. The van der Waals surface area contributed by atoms with E-state index in [1.807, 2.05) is 0 Å². The Morgan fingerprint density at radius 2 is 1.78 bits per heavy atom. The molecule has 27 heavy (non-hydrogen) atoms. The van der Waals surface area contributed by atoms with Crippen LogP contribution in [0.3, 0.4) is 0 Å². The molecule has 0 spiro atoms. The van der Waals surface area contributed by atoms with Crippen LogP contribution in [0.15, 0.2) is 53.4 Å². The van der Waals surface area contributed by atoms with E-state index in [4.69, 9.17) is 5.21 Å². The second kappa shape index (κ2) is 9.07. The first kappa shape index (κ1) is 20.3. The Kier molecular flexibility index (Phi) is 6.82. The summed E-state index contributed by atoms with van der Waals surface area (Å²) in [7, 11) is 0. The van der Waals surface area contributed by atoms with Gasteiger partial charge in [0.1, 0.15) is 0 Å². The van der Waals surface area contributed by atoms with E-state index in [1.165, 1.54) is 41.6 Å². The van der Waals surface area contributed by atoms with Crippen LogP contribution in [0, 0.1) is 20.2 Å². The van der Waals surface area contributed by atoms with Gasteiger partial charge in [-0.05, 0) is 31.0 Å². The predicted octanol–water partition coefficient (Wildman–Crippen LogP) is 2.91. The predicted molar refractivity (Wildman–Crippen MR) is 97.0 cm³/mol. The highest BCUT2D eigenvalue weighted by atomic mass is 32.2. The Bertz CT molecular complexity index is 845. The van der Waals surface area contributed by atoms with Crippen molar-refractivity contribution in [3.05, 3.63) is 74.3 Å². The highest BCUT2D eigenvalue weighted by Gasteiger charge is 2.25. The van der Waals surface area contributed by atoms with Crippen LogP contribution in [-0.4, -0.2) is 31.3 Å². The van der Waals surface area contributed by atoms with Crippen LogP contribution in [0.5, 0.6) is 0 Å². The number of benzene rings is 2. The van der Waals surface area contributed by atoms with Crippen molar-refractivity contribution < 1.29 is 19.8 Å². The number of nitro groups is 2. The third-order valence-corrected chi connectivity index (χ3v) is 4.87. The minimum Gasteiger partial charge on any atom is -0.289 e. The van der Waals surface area contributed by atoms with E-state index in [0.717, 1.165) is 11.9 Å². The molecule has 1 atom stereocenters. The lowest BCUT2D eigenvalue weighted by atomic mass is 10.1. The van der Waals surface area contributed by atoms with Crippen LogP contribution in [0.25, 0.3) is 0 Å². The summed E-state index contributed by atoms with van der Waals surface area (Å²) in [6, 6.07) is 11.0. The minimum atomic E-state index is -0.838. The molecule has 0 heterocycles. The average Bonchev–Trinajstić information content (AvgIpc) is 2.66. The molecule has 2 aromatic carbocycles. The average molecular weight is 392 g/mol. The fourth-order valence-electron chi connectivity index (χ4n) is 2.23. The van der Waals surface area contributed by atoms with Crippen molar-refractivity contribution in [1.82, 2.24) is 9.79 Å². The van der Waals surface area contributed by atoms with Gasteiger partial charge >= 0.3 is 0 Å². The maximum absolute atomic E-state index is 11.9. The van der Waals surface area contributed by atoms with Gasteiger partial charge in [-0.3, -0.25) is 30.2 Å². The van der Waals surface area contributed by atoms with Crippen LogP contribution in [0.1, 0.15) is 12.5 Å². The number of hydrogen-bond donors (Lipinski definition) is 2. The number of hydrogen-bond acceptors (Lipinski definition) is 8. The summed E-state index contributed by atoms with van der Waals surface area (Å²) in [5.41, 5.74) is 1.77. The molecule has 0 fully saturated rings. The van der Waals surface area contributed by atoms with Crippen molar-refractivity contribution in [2.45, 2.75) is 24.4 Å². The van der Waals surface area contributed by atoms with Gasteiger partial charge in [0.25, 0.3) is 17.3 Å². The highest BCUT2D eigenvalue weighted by Crippen LogP contribution is 2.30. The molecule has 0 saturated carbocycles. The molecular formula is C16H16N4O6S. The van der Waals surface area contributed by atoms with E-state index in [9.17, 15) is 25.0 Å². The number of carbonyl (C=O) groups is 1. The molecule has 0 aliphatic heterocycles. The SMILES string of the molecule is CC(C(=O)NO)N(Cc1ccccc1[N+](=O)[O-])Sc1ccc([N+](=O)[O-])cc1. The van der Waals surface area contributed by atoms with E-state index in [2.05, 4.69) is 0 Å². The van der Waals surface area contributed by atoms with E-state index < -0.39 is 21.8 Å². The summed E-state index contributed by atoms with van der Waals surface area (Å²) < 4.78 is 1.54. The van der Waals surface area contributed by atoms with E-state index in [0.29, 0.717) is 10.5 Å². The summed E-state index contributed by atoms with van der Waals surface area (Å²) in [5.74, 6) is -0.692. The fraction of sp³-hybridized carbons (Fsp3) is 0.188. The first-order chi connectivity index (χ1) is 12.8. The van der Waals surface area contributed by atoms with Gasteiger partial charge < -0.3 is 0 Å². The molecule has 2 N–H and O–H groups in total. The van der Waals surface area contributed by atoms with Crippen molar-refractivity contribution in [2.75, 3.05) is 0 Å². The number of para-hydroxylation sites is 1. The zero-order valence-electron chi connectivity index (χ0n) is 14.1. The number of non-ortho nitro benzene ring substituents is 1. The zero-order valence-corrected chi connectivity index (χ0v) is 15.0. The Balaban J connectivity index is 2.30. The molecule has 1 amide bonds. The Labute approximate surface area is 158 Å². The number of nitrogens with one attached hydrogen (secondary N) is 1. The van der Waals surface area contributed by atoms with Gasteiger partial charge in [-0.15, -0.1) is 0 Å². The summed E-state index contributed by atoms with van der Waals surface area (Å²) in [4.78, 5) is 33.4. The molecule has 0 aliphatic rings. The molecule has 142 valence electrons. The summed E-state index contributed by atoms with van der Waals surface area (Å²) in [6.07, 6.45) is 0. The number of carbonyl (C=O) groups excluding carboxylic acids is 1. The number of nitro benzene ring substituents is 2. The van der Waals surface area contributed by atoms with Crippen molar-refractivity contribution >= 4 is 29.2 Å². The lowest BCUT2D eigenvalue weighted by molar-refractivity contribution is -0.385.